The van der Waals surface area contributed by atoms with E-state index in [4.69, 9.17) is 0 Å². The molecule has 124 valence electrons. The van der Waals surface area contributed by atoms with Crippen LogP contribution >= 0.6 is 0 Å². The van der Waals surface area contributed by atoms with E-state index < -0.39 is 0 Å². The van der Waals surface area contributed by atoms with Crippen molar-refractivity contribution in [3.8, 4) is 0 Å². The van der Waals surface area contributed by atoms with Crippen molar-refractivity contribution in [1.82, 2.24) is 9.88 Å². The van der Waals surface area contributed by atoms with Crippen LogP contribution in [0.15, 0.2) is 10.9 Å². The smallest absolute Gasteiger partial charge is 0.261 e. The summed E-state index contributed by atoms with van der Waals surface area (Å²) in [4.78, 5) is 41.9. The zero-order valence-electron chi connectivity index (χ0n) is 13.7. The number of fused-ring (bicyclic) bond motifs is 1. The molecule has 0 spiro atoms. The zero-order valence-corrected chi connectivity index (χ0v) is 13.7. The summed E-state index contributed by atoms with van der Waals surface area (Å²) in [5.74, 6) is -0.209. The summed E-state index contributed by atoms with van der Waals surface area (Å²) in [6.07, 6.45) is 7.44. The summed E-state index contributed by atoms with van der Waals surface area (Å²) < 4.78 is 0. The summed E-state index contributed by atoms with van der Waals surface area (Å²) in [7, 11) is 0. The first-order chi connectivity index (χ1) is 11.1. The van der Waals surface area contributed by atoms with Gasteiger partial charge < -0.3 is 9.88 Å². The Bertz CT molecular complexity index is 671. The molecule has 0 aromatic carbocycles. The van der Waals surface area contributed by atoms with Crippen molar-refractivity contribution >= 4 is 11.7 Å². The molecule has 5 heteroatoms. The van der Waals surface area contributed by atoms with Crippen molar-refractivity contribution in [3.05, 3.63) is 33.2 Å². The molecule has 3 rings (SSSR count). The second kappa shape index (κ2) is 6.69. The van der Waals surface area contributed by atoms with Crippen LogP contribution in [-0.2, 0) is 6.42 Å². The van der Waals surface area contributed by atoms with Gasteiger partial charge in [-0.2, -0.15) is 0 Å². The number of carbonyl (C=O) groups excluding carboxylic acids is 2. The minimum absolute atomic E-state index is 0.0252. The van der Waals surface area contributed by atoms with Crippen molar-refractivity contribution < 1.29 is 9.59 Å². The molecule has 0 aliphatic heterocycles. The minimum Gasteiger partial charge on any atom is -0.336 e. The maximum absolute atomic E-state index is 12.9. The number of ketones is 1. The average Bonchev–Trinajstić information content (AvgIpc) is 2.56. The van der Waals surface area contributed by atoms with Crippen molar-refractivity contribution in [3.63, 3.8) is 0 Å². The Labute approximate surface area is 136 Å². The number of H-pyrrole nitrogens is 1. The SMILES string of the molecule is CCN(C(=O)c1cc2c([nH]c1=O)CCCC2=O)C1CCCCC1. The van der Waals surface area contributed by atoms with Gasteiger partial charge in [-0.1, -0.05) is 19.3 Å². The molecule has 23 heavy (non-hydrogen) atoms. The van der Waals surface area contributed by atoms with E-state index in [1.54, 1.807) is 0 Å². The van der Waals surface area contributed by atoms with Crippen LogP contribution in [0, 0.1) is 0 Å². The van der Waals surface area contributed by atoms with E-state index >= 15 is 0 Å². The lowest BCUT2D eigenvalue weighted by molar-refractivity contribution is 0.0646. The van der Waals surface area contributed by atoms with Crippen LogP contribution in [0.1, 0.15) is 78.3 Å². The van der Waals surface area contributed by atoms with Crippen LogP contribution in [0.2, 0.25) is 0 Å². The number of nitrogens with one attached hydrogen (secondary N) is 1. The molecule has 1 heterocycles. The van der Waals surface area contributed by atoms with Gasteiger partial charge in [0.2, 0.25) is 0 Å². The topological polar surface area (TPSA) is 70.2 Å². The number of pyridine rings is 1. The Morgan fingerprint density at radius 3 is 2.61 bits per heavy atom. The van der Waals surface area contributed by atoms with E-state index in [-0.39, 0.29) is 28.9 Å². The van der Waals surface area contributed by atoms with E-state index in [0.29, 0.717) is 30.6 Å². The quantitative estimate of drug-likeness (QED) is 0.932. The third-order valence-corrected chi connectivity index (χ3v) is 5.10. The Morgan fingerprint density at radius 2 is 1.91 bits per heavy atom. The van der Waals surface area contributed by atoms with Gasteiger partial charge in [0.05, 0.1) is 0 Å². The van der Waals surface area contributed by atoms with E-state index in [9.17, 15) is 14.4 Å². The number of Topliss-reactive ketones (excluding diaryl/α,β-unsaturated/α-hetero) is 1. The van der Waals surface area contributed by atoms with Gasteiger partial charge in [-0.3, -0.25) is 14.4 Å². The Hall–Kier alpha value is -1.91. The van der Waals surface area contributed by atoms with Gasteiger partial charge in [0.25, 0.3) is 11.5 Å². The lowest BCUT2D eigenvalue weighted by atomic mass is 9.92. The first-order valence-corrected chi connectivity index (χ1v) is 8.72. The normalized spacial score (nSPS) is 18.6. The molecule has 0 atom stereocenters. The van der Waals surface area contributed by atoms with Gasteiger partial charge in [0.1, 0.15) is 5.56 Å². The summed E-state index contributed by atoms with van der Waals surface area (Å²) in [6, 6.07) is 1.75. The maximum atomic E-state index is 12.9. The first kappa shape index (κ1) is 16.0. The number of amides is 1. The van der Waals surface area contributed by atoms with Gasteiger partial charge in [-0.05, 0) is 38.7 Å². The molecule has 0 bridgehead atoms. The fourth-order valence-electron chi connectivity index (χ4n) is 3.85. The highest BCUT2D eigenvalue weighted by molar-refractivity contribution is 6.01. The van der Waals surface area contributed by atoms with Crippen LogP contribution in [0.3, 0.4) is 0 Å². The van der Waals surface area contributed by atoms with Crippen molar-refractivity contribution in [2.75, 3.05) is 6.54 Å². The zero-order chi connectivity index (χ0) is 16.4. The third kappa shape index (κ3) is 3.09. The van der Waals surface area contributed by atoms with Gasteiger partial charge in [0, 0.05) is 30.3 Å². The molecule has 1 N–H and O–H groups in total. The molecule has 2 aliphatic rings. The molecule has 1 amide bonds. The highest BCUT2D eigenvalue weighted by atomic mass is 16.2. The van der Waals surface area contributed by atoms with E-state index in [2.05, 4.69) is 4.98 Å². The largest absolute Gasteiger partial charge is 0.336 e. The first-order valence-electron chi connectivity index (χ1n) is 8.72. The number of nitrogens with zero attached hydrogens (tertiary/aromatic N) is 1. The predicted octanol–water partition coefficient (Wildman–Crippen LogP) is 2.69. The second-order valence-corrected chi connectivity index (χ2v) is 6.56. The van der Waals surface area contributed by atoms with Crippen LogP contribution in [0.4, 0.5) is 0 Å². The molecule has 2 aliphatic carbocycles. The lowest BCUT2D eigenvalue weighted by Gasteiger charge is -2.33. The Morgan fingerprint density at radius 1 is 1.17 bits per heavy atom. The highest BCUT2D eigenvalue weighted by Gasteiger charge is 2.28. The molecular formula is C18H24N2O3. The summed E-state index contributed by atoms with van der Waals surface area (Å²) in [5.41, 5.74) is 0.964. The van der Waals surface area contributed by atoms with E-state index in [1.165, 1.54) is 12.5 Å². The molecule has 1 saturated carbocycles. The van der Waals surface area contributed by atoms with Crippen LogP contribution in [0.25, 0.3) is 0 Å². The van der Waals surface area contributed by atoms with Crippen molar-refractivity contribution in [2.24, 2.45) is 0 Å². The summed E-state index contributed by atoms with van der Waals surface area (Å²) in [5, 5.41) is 0. The van der Waals surface area contributed by atoms with E-state index in [0.717, 1.165) is 32.1 Å². The predicted molar refractivity (Wildman–Crippen MR) is 87.9 cm³/mol. The molecular weight excluding hydrogens is 292 g/mol. The number of hydrogen-bond acceptors (Lipinski definition) is 3. The Balaban J connectivity index is 1.93. The number of hydrogen-bond donors (Lipinski definition) is 1. The van der Waals surface area contributed by atoms with Gasteiger partial charge in [0.15, 0.2) is 5.78 Å². The summed E-state index contributed by atoms with van der Waals surface area (Å²) >= 11 is 0. The van der Waals surface area contributed by atoms with Crippen LogP contribution < -0.4 is 5.56 Å². The van der Waals surface area contributed by atoms with Gasteiger partial charge >= 0.3 is 0 Å². The van der Waals surface area contributed by atoms with Gasteiger partial charge in [-0.15, -0.1) is 0 Å². The second-order valence-electron chi connectivity index (χ2n) is 6.56. The molecule has 0 unspecified atom stereocenters. The number of carbonyl (C=O) groups is 2. The standard InChI is InChI=1S/C18H24N2O3/c1-2-20(12-7-4-3-5-8-12)18(23)14-11-13-15(19-17(14)22)9-6-10-16(13)21/h11-12H,2-10H2,1H3,(H,19,22). The number of aryl methyl sites for hydroxylation is 1. The summed E-state index contributed by atoms with van der Waals surface area (Å²) in [6.45, 7) is 2.54. The monoisotopic (exact) mass is 316 g/mol. The van der Waals surface area contributed by atoms with Crippen LogP contribution in [0.5, 0.6) is 0 Å². The third-order valence-electron chi connectivity index (χ3n) is 5.10. The van der Waals surface area contributed by atoms with E-state index in [1.807, 2.05) is 11.8 Å². The molecule has 0 radical (unpaired) electrons. The molecule has 1 aromatic heterocycles. The van der Waals surface area contributed by atoms with Crippen LogP contribution in [-0.4, -0.2) is 34.2 Å². The van der Waals surface area contributed by atoms with Crippen molar-refractivity contribution in [2.45, 2.75) is 64.3 Å². The average molecular weight is 316 g/mol. The number of aromatic nitrogens is 1. The minimum atomic E-state index is -0.363. The fraction of sp³-hybridized carbons (Fsp3) is 0.611. The fourth-order valence-corrected chi connectivity index (χ4v) is 3.85. The molecule has 5 nitrogen and oxygen atoms in total. The highest BCUT2D eigenvalue weighted by Crippen LogP contribution is 2.24. The Kier molecular flexibility index (Phi) is 4.64. The van der Waals surface area contributed by atoms with Gasteiger partial charge in [-0.25, -0.2) is 0 Å². The molecule has 0 saturated heterocycles. The van der Waals surface area contributed by atoms with Crippen molar-refractivity contribution in [1.29, 1.82) is 0 Å². The number of aromatic amines is 1. The lowest BCUT2D eigenvalue weighted by Crippen LogP contribution is -2.43. The number of rotatable bonds is 3. The molecule has 1 fully saturated rings. The molecule has 1 aromatic rings. The maximum Gasteiger partial charge on any atom is 0.261 e.